The number of likely N-dealkylation sites (tertiary alicyclic amines) is 1. The molecular weight excluding hydrogens is 294 g/mol. The van der Waals surface area contributed by atoms with Crippen LogP contribution in [0, 0.1) is 6.92 Å². The Morgan fingerprint density at radius 3 is 2.65 bits per heavy atom. The van der Waals surface area contributed by atoms with Crippen LogP contribution in [0.15, 0.2) is 16.7 Å². The molecule has 0 bridgehead atoms. The van der Waals surface area contributed by atoms with Crippen LogP contribution in [-0.4, -0.2) is 48.4 Å². The molecule has 6 heteroatoms. The summed E-state index contributed by atoms with van der Waals surface area (Å²) < 4.78 is 5.17. The fourth-order valence-corrected chi connectivity index (χ4v) is 3.41. The number of nitrogens with one attached hydrogen (secondary N) is 2. The van der Waals surface area contributed by atoms with Crippen molar-refractivity contribution in [2.45, 2.75) is 51.1 Å². The predicted molar refractivity (Wildman–Crippen MR) is 86.2 cm³/mol. The first-order valence-corrected chi connectivity index (χ1v) is 8.52. The Balaban J connectivity index is 1.47. The molecule has 1 aromatic heterocycles. The van der Waals surface area contributed by atoms with E-state index in [1.807, 2.05) is 4.90 Å². The Morgan fingerprint density at radius 1 is 1.26 bits per heavy atom. The van der Waals surface area contributed by atoms with Crippen molar-refractivity contribution in [1.82, 2.24) is 15.5 Å². The maximum absolute atomic E-state index is 12.5. The Kier molecular flexibility index (Phi) is 5.00. The topological polar surface area (TPSA) is 74.6 Å². The molecule has 2 amide bonds. The van der Waals surface area contributed by atoms with E-state index >= 15 is 0 Å². The zero-order chi connectivity index (χ0) is 16.2. The van der Waals surface area contributed by atoms with Gasteiger partial charge in [-0.2, -0.15) is 0 Å². The molecule has 1 unspecified atom stereocenters. The third-order valence-corrected chi connectivity index (χ3v) is 4.85. The summed E-state index contributed by atoms with van der Waals surface area (Å²) in [7, 11) is 0. The zero-order valence-corrected chi connectivity index (χ0v) is 13.6. The van der Waals surface area contributed by atoms with Gasteiger partial charge in [0.25, 0.3) is 5.91 Å². The SMILES string of the molecule is Cc1occc1C(=O)NC1CCN(C(=O)C2CCCCN2)CC1. The maximum atomic E-state index is 12.5. The molecule has 0 aliphatic carbocycles. The van der Waals surface area contributed by atoms with Crippen molar-refractivity contribution in [3.05, 3.63) is 23.7 Å². The van der Waals surface area contributed by atoms with Crippen LogP contribution in [0.2, 0.25) is 0 Å². The highest BCUT2D eigenvalue weighted by Crippen LogP contribution is 2.16. The molecule has 0 radical (unpaired) electrons. The number of piperidine rings is 2. The van der Waals surface area contributed by atoms with Gasteiger partial charge in [0.2, 0.25) is 5.91 Å². The quantitative estimate of drug-likeness (QED) is 0.884. The summed E-state index contributed by atoms with van der Waals surface area (Å²) in [5.41, 5.74) is 0.593. The van der Waals surface area contributed by atoms with Crippen molar-refractivity contribution < 1.29 is 14.0 Å². The Morgan fingerprint density at radius 2 is 2.04 bits per heavy atom. The Labute approximate surface area is 136 Å². The van der Waals surface area contributed by atoms with E-state index in [-0.39, 0.29) is 23.9 Å². The van der Waals surface area contributed by atoms with Gasteiger partial charge in [0.15, 0.2) is 0 Å². The second kappa shape index (κ2) is 7.17. The predicted octanol–water partition coefficient (Wildman–Crippen LogP) is 1.45. The average Bonchev–Trinajstić information content (AvgIpc) is 3.02. The average molecular weight is 319 g/mol. The summed E-state index contributed by atoms with van der Waals surface area (Å²) in [6.07, 6.45) is 6.37. The summed E-state index contributed by atoms with van der Waals surface area (Å²) >= 11 is 0. The molecule has 126 valence electrons. The monoisotopic (exact) mass is 319 g/mol. The van der Waals surface area contributed by atoms with Gasteiger partial charge < -0.3 is 20.0 Å². The van der Waals surface area contributed by atoms with E-state index in [0.29, 0.717) is 24.4 Å². The van der Waals surface area contributed by atoms with E-state index < -0.39 is 0 Å². The smallest absolute Gasteiger partial charge is 0.255 e. The van der Waals surface area contributed by atoms with Crippen molar-refractivity contribution in [3.8, 4) is 0 Å². The molecule has 6 nitrogen and oxygen atoms in total. The molecule has 2 aliphatic heterocycles. The normalized spacial score (nSPS) is 22.8. The lowest BCUT2D eigenvalue weighted by Crippen LogP contribution is -2.53. The second-order valence-electron chi connectivity index (χ2n) is 6.47. The molecule has 1 aromatic rings. The van der Waals surface area contributed by atoms with Gasteiger partial charge in [-0.15, -0.1) is 0 Å². The van der Waals surface area contributed by atoms with Gasteiger partial charge in [-0.3, -0.25) is 9.59 Å². The van der Waals surface area contributed by atoms with E-state index in [0.717, 1.165) is 38.6 Å². The Hall–Kier alpha value is -1.82. The number of carbonyl (C=O) groups is 2. The first-order chi connectivity index (χ1) is 11.1. The minimum absolute atomic E-state index is 0.0107. The molecule has 2 saturated heterocycles. The molecule has 2 N–H and O–H groups in total. The second-order valence-corrected chi connectivity index (χ2v) is 6.47. The summed E-state index contributed by atoms with van der Waals surface area (Å²) in [6.45, 7) is 4.15. The third-order valence-electron chi connectivity index (χ3n) is 4.85. The van der Waals surface area contributed by atoms with E-state index in [4.69, 9.17) is 4.42 Å². The van der Waals surface area contributed by atoms with Gasteiger partial charge in [-0.1, -0.05) is 6.42 Å². The summed E-state index contributed by atoms with van der Waals surface area (Å²) in [5.74, 6) is 0.772. The highest BCUT2D eigenvalue weighted by molar-refractivity contribution is 5.95. The zero-order valence-electron chi connectivity index (χ0n) is 13.6. The number of hydrogen-bond donors (Lipinski definition) is 2. The van der Waals surface area contributed by atoms with Crippen molar-refractivity contribution in [2.75, 3.05) is 19.6 Å². The van der Waals surface area contributed by atoms with Crippen LogP contribution >= 0.6 is 0 Å². The molecule has 3 heterocycles. The number of rotatable bonds is 3. The van der Waals surface area contributed by atoms with Crippen molar-refractivity contribution >= 4 is 11.8 Å². The maximum Gasteiger partial charge on any atom is 0.255 e. The fourth-order valence-electron chi connectivity index (χ4n) is 3.41. The first-order valence-electron chi connectivity index (χ1n) is 8.52. The molecule has 2 fully saturated rings. The van der Waals surface area contributed by atoms with Crippen LogP contribution in [0.5, 0.6) is 0 Å². The Bertz CT molecular complexity index is 555. The van der Waals surface area contributed by atoms with E-state index in [9.17, 15) is 9.59 Å². The van der Waals surface area contributed by atoms with Gasteiger partial charge in [0.1, 0.15) is 5.76 Å². The van der Waals surface area contributed by atoms with Gasteiger partial charge in [0.05, 0.1) is 17.9 Å². The van der Waals surface area contributed by atoms with Crippen LogP contribution in [0.3, 0.4) is 0 Å². The molecule has 2 aliphatic rings. The molecule has 0 saturated carbocycles. The summed E-state index contributed by atoms with van der Waals surface area (Å²) in [5, 5.41) is 6.36. The van der Waals surface area contributed by atoms with Crippen LogP contribution < -0.4 is 10.6 Å². The number of carbonyl (C=O) groups excluding carboxylic acids is 2. The van der Waals surface area contributed by atoms with E-state index in [1.165, 1.54) is 6.26 Å². The molecule has 1 atom stereocenters. The van der Waals surface area contributed by atoms with Crippen LogP contribution in [0.25, 0.3) is 0 Å². The van der Waals surface area contributed by atoms with Crippen LogP contribution in [0.1, 0.15) is 48.2 Å². The first kappa shape index (κ1) is 16.1. The van der Waals surface area contributed by atoms with Gasteiger partial charge in [-0.05, 0) is 45.2 Å². The minimum Gasteiger partial charge on any atom is -0.469 e. The van der Waals surface area contributed by atoms with Crippen molar-refractivity contribution in [2.24, 2.45) is 0 Å². The summed E-state index contributed by atoms with van der Waals surface area (Å²) in [6, 6.07) is 1.81. The minimum atomic E-state index is -0.0880. The largest absolute Gasteiger partial charge is 0.469 e. The fraction of sp³-hybridized carbons (Fsp3) is 0.647. The standard InChI is InChI=1S/C17H25N3O3/c1-12-14(7-11-23-12)16(21)19-13-5-9-20(10-6-13)17(22)15-4-2-3-8-18-15/h7,11,13,15,18H,2-6,8-10H2,1H3,(H,19,21). The molecule has 3 rings (SSSR count). The van der Waals surface area contributed by atoms with Gasteiger partial charge in [-0.25, -0.2) is 0 Å². The molecular formula is C17H25N3O3. The lowest BCUT2D eigenvalue weighted by Gasteiger charge is -2.35. The van der Waals surface area contributed by atoms with Gasteiger partial charge >= 0.3 is 0 Å². The molecule has 23 heavy (non-hydrogen) atoms. The van der Waals surface area contributed by atoms with Crippen molar-refractivity contribution in [3.63, 3.8) is 0 Å². The number of furan rings is 1. The molecule has 0 spiro atoms. The number of hydrogen-bond acceptors (Lipinski definition) is 4. The molecule has 0 aromatic carbocycles. The highest BCUT2D eigenvalue weighted by Gasteiger charge is 2.29. The van der Waals surface area contributed by atoms with E-state index in [2.05, 4.69) is 10.6 Å². The third kappa shape index (κ3) is 3.75. The lowest BCUT2D eigenvalue weighted by atomic mass is 10.00. The van der Waals surface area contributed by atoms with E-state index in [1.54, 1.807) is 13.0 Å². The number of aryl methyl sites for hydroxylation is 1. The van der Waals surface area contributed by atoms with Gasteiger partial charge in [0, 0.05) is 19.1 Å². The lowest BCUT2D eigenvalue weighted by molar-refractivity contribution is -0.135. The van der Waals surface area contributed by atoms with Crippen LogP contribution in [-0.2, 0) is 4.79 Å². The summed E-state index contributed by atoms with van der Waals surface area (Å²) in [4.78, 5) is 26.6. The number of nitrogens with zero attached hydrogens (tertiary/aromatic N) is 1. The highest BCUT2D eigenvalue weighted by atomic mass is 16.3. The van der Waals surface area contributed by atoms with Crippen molar-refractivity contribution in [1.29, 1.82) is 0 Å². The van der Waals surface area contributed by atoms with Crippen LogP contribution in [0.4, 0.5) is 0 Å². The number of amides is 2.